The summed E-state index contributed by atoms with van der Waals surface area (Å²) >= 11 is 0. The van der Waals surface area contributed by atoms with Gasteiger partial charge in [-0.15, -0.1) is 0 Å². The van der Waals surface area contributed by atoms with Crippen LogP contribution in [0, 0.1) is 0 Å². The van der Waals surface area contributed by atoms with E-state index < -0.39 is 6.10 Å². The summed E-state index contributed by atoms with van der Waals surface area (Å²) in [5.41, 5.74) is 0.989. The maximum absolute atomic E-state index is 12.1. The summed E-state index contributed by atoms with van der Waals surface area (Å²) in [7, 11) is 1.86. The molecule has 1 aromatic rings. The quantitative estimate of drug-likeness (QED) is 0.834. The zero-order valence-electron chi connectivity index (χ0n) is 15.2. The molecule has 4 nitrogen and oxygen atoms in total. The molecule has 0 saturated carbocycles. The van der Waals surface area contributed by atoms with E-state index in [0.29, 0.717) is 12.5 Å². The Hall–Kier alpha value is -1.39. The topological polar surface area (TPSA) is 43.8 Å². The first kappa shape index (κ1) is 18.9. The van der Waals surface area contributed by atoms with Crippen molar-refractivity contribution in [2.45, 2.75) is 57.6 Å². The molecule has 1 amide bonds. The Kier molecular flexibility index (Phi) is 7.73. The van der Waals surface area contributed by atoms with Crippen LogP contribution >= 0.6 is 0 Å². The molecule has 2 rings (SSSR count). The Morgan fingerprint density at radius 2 is 2.04 bits per heavy atom. The van der Waals surface area contributed by atoms with Crippen molar-refractivity contribution in [3.05, 3.63) is 35.9 Å². The molecule has 0 aromatic heterocycles. The van der Waals surface area contributed by atoms with Gasteiger partial charge in [0.1, 0.15) is 0 Å². The molecule has 2 unspecified atom stereocenters. The van der Waals surface area contributed by atoms with E-state index in [9.17, 15) is 9.90 Å². The van der Waals surface area contributed by atoms with Gasteiger partial charge in [-0.25, -0.2) is 0 Å². The summed E-state index contributed by atoms with van der Waals surface area (Å²) < 4.78 is 0. The maximum Gasteiger partial charge on any atom is 0.223 e. The summed E-state index contributed by atoms with van der Waals surface area (Å²) in [6.07, 6.45) is 5.66. The van der Waals surface area contributed by atoms with E-state index in [4.69, 9.17) is 0 Å². The SMILES string of the molecule is CCN(C)C(=O)CCN1CCCCCC1CC(O)c1ccccc1. The highest BCUT2D eigenvalue weighted by Gasteiger charge is 2.24. The van der Waals surface area contributed by atoms with Crippen LogP contribution in [0.2, 0.25) is 0 Å². The molecule has 0 radical (unpaired) electrons. The smallest absolute Gasteiger partial charge is 0.223 e. The van der Waals surface area contributed by atoms with Crippen LogP contribution in [0.5, 0.6) is 0 Å². The normalized spacial score (nSPS) is 20.4. The minimum Gasteiger partial charge on any atom is -0.388 e. The highest BCUT2D eigenvalue weighted by Crippen LogP contribution is 2.26. The Balaban J connectivity index is 1.94. The molecule has 1 heterocycles. The number of carbonyl (C=O) groups excluding carboxylic acids is 1. The fourth-order valence-corrected chi connectivity index (χ4v) is 3.47. The molecule has 0 bridgehead atoms. The third kappa shape index (κ3) is 5.60. The number of hydrogen-bond donors (Lipinski definition) is 1. The maximum atomic E-state index is 12.1. The van der Waals surface area contributed by atoms with Crippen molar-refractivity contribution >= 4 is 5.91 Å². The average Bonchev–Trinajstić information content (AvgIpc) is 2.84. The predicted octanol–water partition coefficient (Wildman–Crippen LogP) is 3.22. The molecule has 24 heavy (non-hydrogen) atoms. The number of aliphatic hydroxyl groups excluding tert-OH is 1. The fraction of sp³-hybridized carbons (Fsp3) is 0.650. The molecule has 0 aliphatic carbocycles. The van der Waals surface area contributed by atoms with E-state index in [1.54, 1.807) is 4.90 Å². The van der Waals surface area contributed by atoms with Crippen LogP contribution in [-0.2, 0) is 4.79 Å². The lowest BCUT2D eigenvalue weighted by atomic mass is 9.98. The molecule has 1 saturated heterocycles. The predicted molar refractivity (Wildman–Crippen MR) is 97.8 cm³/mol. The van der Waals surface area contributed by atoms with E-state index in [1.807, 2.05) is 44.3 Å². The molecule has 1 fully saturated rings. The fourth-order valence-electron chi connectivity index (χ4n) is 3.47. The molecule has 2 atom stereocenters. The van der Waals surface area contributed by atoms with Crippen molar-refractivity contribution in [1.82, 2.24) is 9.80 Å². The van der Waals surface area contributed by atoms with Crippen LogP contribution in [-0.4, -0.2) is 53.5 Å². The Labute approximate surface area is 146 Å². The number of likely N-dealkylation sites (tertiary alicyclic amines) is 1. The minimum atomic E-state index is -0.425. The molecular weight excluding hydrogens is 300 g/mol. The number of carbonyl (C=O) groups is 1. The van der Waals surface area contributed by atoms with Gasteiger partial charge in [-0.2, -0.15) is 0 Å². The Morgan fingerprint density at radius 3 is 2.75 bits per heavy atom. The van der Waals surface area contributed by atoms with E-state index in [2.05, 4.69) is 4.90 Å². The van der Waals surface area contributed by atoms with Gasteiger partial charge in [-0.1, -0.05) is 43.2 Å². The molecule has 0 spiro atoms. The number of nitrogens with zero attached hydrogens (tertiary/aromatic N) is 2. The lowest BCUT2D eigenvalue weighted by Crippen LogP contribution is -2.39. The summed E-state index contributed by atoms with van der Waals surface area (Å²) in [6, 6.07) is 10.3. The van der Waals surface area contributed by atoms with E-state index >= 15 is 0 Å². The van der Waals surface area contributed by atoms with Crippen LogP contribution in [0.25, 0.3) is 0 Å². The Bertz CT molecular complexity index is 492. The van der Waals surface area contributed by atoms with Crippen LogP contribution in [0.4, 0.5) is 0 Å². The molecule has 1 aromatic carbocycles. The van der Waals surface area contributed by atoms with Gasteiger partial charge >= 0.3 is 0 Å². The summed E-state index contributed by atoms with van der Waals surface area (Å²) in [6.45, 7) is 4.60. The molecule has 1 aliphatic rings. The molecule has 134 valence electrons. The van der Waals surface area contributed by atoms with Gasteiger partial charge in [0.15, 0.2) is 0 Å². The molecular formula is C20H32N2O2. The van der Waals surface area contributed by atoms with E-state index in [0.717, 1.165) is 38.0 Å². The van der Waals surface area contributed by atoms with Crippen LogP contribution in [0.15, 0.2) is 30.3 Å². The summed E-state index contributed by atoms with van der Waals surface area (Å²) in [5, 5.41) is 10.6. The third-order valence-corrected chi connectivity index (χ3v) is 5.19. The first-order valence-electron chi connectivity index (χ1n) is 9.32. The number of aliphatic hydroxyl groups is 1. The van der Waals surface area contributed by atoms with Gasteiger partial charge in [0.05, 0.1) is 6.10 Å². The second-order valence-electron chi connectivity index (χ2n) is 6.86. The largest absolute Gasteiger partial charge is 0.388 e. The van der Waals surface area contributed by atoms with Crippen molar-refractivity contribution in [1.29, 1.82) is 0 Å². The molecule has 1 aliphatic heterocycles. The minimum absolute atomic E-state index is 0.212. The standard InChI is InChI=1S/C20H32N2O2/c1-3-21(2)20(24)13-15-22-14-9-5-8-12-18(22)16-19(23)17-10-6-4-7-11-17/h4,6-7,10-11,18-19,23H,3,5,8-9,12-16H2,1-2H3. The van der Waals surface area contributed by atoms with Crippen LogP contribution in [0.3, 0.4) is 0 Å². The summed E-state index contributed by atoms with van der Waals surface area (Å²) in [4.78, 5) is 16.3. The zero-order chi connectivity index (χ0) is 17.4. The van der Waals surface area contributed by atoms with E-state index in [1.165, 1.54) is 19.3 Å². The van der Waals surface area contributed by atoms with Crippen molar-refractivity contribution in [2.24, 2.45) is 0 Å². The zero-order valence-corrected chi connectivity index (χ0v) is 15.2. The number of hydrogen-bond acceptors (Lipinski definition) is 3. The van der Waals surface area contributed by atoms with Gasteiger partial charge in [-0.3, -0.25) is 9.69 Å². The van der Waals surface area contributed by atoms with Crippen molar-refractivity contribution < 1.29 is 9.90 Å². The monoisotopic (exact) mass is 332 g/mol. The van der Waals surface area contributed by atoms with Crippen molar-refractivity contribution in [2.75, 3.05) is 26.7 Å². The molecule has 1 N–H and O–H groups in total. The Morgan fingerprint density at radius 1 is 1.29 bits per heavy atom. The highest BCUT2D eigenvalue weighted by atomic mass is 16.3. The van der Waals surface area contributed by atoms with Gasteiger partial charge in [0.2, 0.25) is 5.91 Å². The first-order chi connectivity index (χ1) is 11.6. The second-order valence-corrected chi connectivity index (χ2v) is 6.86. The highest BCUT2D eigenvalue weighted by molar-refractivity contribution is 5.75. The average molecular weight is 332 g/mol. The van der Waals surface area contributed by atoms with Crippen LogP contribution in [0.1, 0.15) is 57.1 Å². The van der Waals surface area contributed by atoms with Crippen molar-refractivity contribution in [3.63, 3.8) is 0 Å². The first-order valence-corrected chi connectivity index (χ1v) is 9.32. The van der Waals surface area contributed by atoms with Gasteiger partial charge < -0.3 is 10.0 Å². The second kappa shape index (κ2) is 9.80. The number of rotatable bonds is 7. The van der Waals surface area contributed by atoms with Gasteiger partial charge in [-0.05, 0) is 38.3 Å². The number of benzene rings is 1. The van der Waals surface area contributed by atoms with Gasteiger partial charge in [0.25, 0.3) is 0 Å². The number of amides is 1. The summed E-state index contributed by atoms with van der Waals surface area (Å²) in [5.74, 6) is 0.212. The molecule has 4 heteroatoms. The van der Waals surface area contributed by atoms with Crippen molar-refractivity contribution in [3.8, 4) is 0 Å². The lowest BCUT2D eigenvalue weighted by molar-refractivity contribution is -0.130. The van der Waals surface area contributed by atoms with Gasteiger partial charge in [0, 0.05) is 32.6 Å². The van der Waals surface area contributed by atoms with E-state index in [-0.39, 0.29) is 5.91 Å². The lowest BCUT2D eigenvalue weighted by Gasteiger charge is -2.31. The van der Waals surface area contributed by atoms with Crippen LogP contribution < -0.4 is 0 Å². The third-order valence-electron chi connectivity index (χ3n) is 5.19.